The Morgan fingerprint density at radius 1 is 1.19 bits per heavy atom. The van der Waals surface area contributed by atoms with Crippen LogP contribution in [0.3, 0.4) is 0 Å². The average Bonchev–Trinajstić information content (AvgIpc) is 2.48. The van der Waals surface area contributed by atoms with Gasteiger partial charge in [0.1, 0.15) is 6.16 Å². The van der Waals surface area contributed by atoms with Crippen molar-refractivity contribution in [2.24, 2.45) is 5.41 Å². The highest BCUT2D eigenvalue weighted by Crippen LogP contribution is 2.47. The van der Waals surface area contributed by atoms with E-state index in [0.29, 0.717) is 6.42 Å². The van der Waals surface area contributed by atoms with Gasteiger partial charge in [-0.05, 0) is 12.1 Å². The highest BCUT2D eigenvalue weighted by molar-refractivity contribution is 7.54. The first-order valence-corrected chi connectivity index (χ1v) is 8.33. The summed E-state index contributed by atoms with van der Waals surface area (Å²) in [5.41, 5.74) is 0.203. The van der Waals surface area contributed by atoms with Gasteiger partial charge in [0.2, 0.25) is 0 Å². The molecule has 0 atom stereocenters. The summed E-state index contributed by atoms with van der Waals surface area (Å²) in [6.07, 6.45) is 0.147. The van der Waals surface area contributed by atoms with Crippen molar-refractivity contribution < 1.29 is 18.4 Å². The predicted octanol–water partition coefficient (Wildman–Crippen LogP) is 3.51. The van der Waals surface area contributed by atoms with E-state index in [4.69, 9.17) is 9.05 Å². The number of carbonyl (C=O) groups is 1. The van der Waals surface area contributed by atoms with Gasteiger partial charge >= 0.3 is 7.60 Å². The van der Waals surface area contributed by atoms with Crippen LogP contribution in [-0.4, -0.2) is 26.2 Å². The zero-order valence-corrected chi connectivity index (χ0v) is 13.8. The van der Waals surface area contributed by atoms with Crippen LogP contribution >= 0.6 is 7.60 Å². The zero-order chi connectivity index (χ0) is 15.9. The van der Waals surface area contributed by atoms with Gasteiger partial charge in [-0.15, -0.1) is 0 Å². The number of hydrogen-bond acceptors (Lipinski definition) is 4. The van der Waals surface area contributed by atoms with E-state index in [9.17, 15) is 9.36 Å². The molecule has 0 amide bonds. The Bertz CT molecular complexity index is 573. The number of hydrogen-bond donors (Lipinski definition) is 0. The second-order valence-electron chi connectivity index (χ2n) is 5.29. The van der Waals surface area contributed by atoms with Gasteiger partial charge in [0.15, 0.2) is 5.78 Å². The summed E-state index contributed by atoms with van der Waals surface area (Å²) in [4.78, 5) is 12.2. The molecule has 0 spiro atoms. The van der Waals surface area contributed by atoms with Crippen molar-refractivity contribution in [3.8, 4) is 11.8 Å². The molecule has 5 heteroatoms. The van der Waals surface area contributed by atoms with Crippen LogP contribution in [0.4, 0.5) is 0 Å². The Hall–Kier alpha value is -1.40. The third kappa shape index (κ3) is 5.47. The standard InChI is InChI=1S/C16H21O4P/c1-16(2,15(17)13-21(18,19-3)20-4)12-8-11-14-9-6-5-7-10-14/h5-7,9-10H,12-13H2,1-4H3. The van der Waals surface area contributed by atoms with Crippen LogP contribution in [0.1, 0.15) is 25.8 Å². The molecular weight excluding hydrogens is 287 g/mol. The minimum Gasteiger partial charge on any atom is -0.312 e. The van der Waals surface area contributed by atoms with Crippen LogP contribution in [-0.2, 0) is 18.4 Å². The molecule has 4 nitrogen and oxygen atoms in total. The molecule has 0 aliphatic rings. The van der Waals surface area contributed by atoms with Gasteiger partial charge in [0.05, 0.1) is 0 Å². The van der Waals surface area contributed by atoms with E-state index in [0.717, 1.165) is 5.56 Å². The monoisotopic (exact) mass is 308 g/mol. The second-order valence-corrected chi connectivity index (χ2v) is 7.55. The first-order valence-electron chi connectivity index (χ1n) is 6.61. The minimum atomic E-state index is -3.32. The Morgan fingerprint density at radius 3 is 2.29 bits per heavy atom. The SMILES string of the molecule is COP(=O)(CC(=O)C(C)(C)CC#Cc1ccccc1)OC. The van der Waals surface area contributed by atoms with Crippen LogP contribution < -0.4 is 0 Å². The van der Waals surface area contributed by atoms with Crippen molar-refractivity contribution in [2.45, 2.75) is 20.3 Å². The molecule has 114 valence electrons. The molecule has 21 heavy (non-hydrogen) atoms. The molecule has 0 heterocycles. The molecular formula is C16H21O4P. The lowest BCUT2D eigenvalue weighted by molar-refractivity contribution is -0.124. The van der Waals surface area contributed by atoms with Crippen LogP contribution in [0.25, 0.3) is 0 Å². The van der Waals surface area contributed by atoms with E-state index < -0.39 is 13.0 Å². The Kier molecular flexibility index (Phi) is 6.36. The van der Waals surface area contributed by atoms with Crippen LogP contribution in [0, 0.1) is 17.3 Å². The van der Waals surface area contributed by atoms with Crippen LogP contribution in [0.2, 0.25) is 0 Å². The summed E-state index contributed by atoms with van der Waals surface area (Å²) in [5.74, 6) is 5.83. The molecule has 0 unspecified atom stereocenters. The van der Waals surface area contributed by atoms with E-state index in [1.165, 1.54) is 14.2 Å². The normalized spacial score (nSPS) is 11.6. The lowest BCUT2D eigenvalue weighted by atomic mass is 9.85. The summed E-state index contributed by atoms with van der Waals surface area (Å²) in [7, 11) is -0.767. The van der Waals surface area contributed by atoms with Crippen LogP contribution in [0.5, 0.6) is 0 Å². The fraction of sp³-hybridized carbons (Fsp3) is 0.438. The van der Waals surface area contributed by atoms with E-state index >= 15 is 0 Å². The molecule has 1 aromatic rings. The Balaban J connectivity index is 2.71. The highest BCUT2D eigenvalue weighted by Gasteiger charge is 2.34. The zero-order valence-electron chi connectivity index (χ0n) is 12.9. The molecule has 0 radical (unpaired) electrons. The van der Waals surface area contributed by atoms with Gasteiger partial charge in [0.25, 0.3) is 0 Å². The van der Waals surface area contributed by atoms with Gasteiger partial charge in [-0.1, -0.05) is 43.9 Å². The summed E-state index contributed by atoms with van der Waals surface area (Å²) in [5, 5.41) is 0. The lowest BCUT2D eigenvalue weighted by Crippen LogP contribution is -2.27. The number of ketones is 1. The minimum absolute atomic E-state index is 0.183. The number of carbonyl (C=O) groups excluding carboxylic acids is 1. The number of benzene rings is 1. The smallest absolute Gasteiger partial charge is 0.312 e. The van der Waals surface area contributed by atoms with E-state index in [-0.39, 0.29) is 11.9 Å². The molecule has 0 saturated heterocycles. The fourth-order valence-corrected chi connectivity index (χ4v) is 2.77. The van der Waals surface area contributed by atoms with Crippen molar-refractivity contribution >= 4 is 13.4 Å². The maximum absolute atomic E-state index is 12.2. The third-order valence-corrected chi connectivity index (χ3v) is 4.97. The van der Waals surface area contributed by atoms with Crippen molar-refractivity contribution in [3.63, 3.8) is 0 Å². The van der Waals surface area contributed by atoms with E-state index in [1.54, 1.807) is 13.8 Å². The van der Waals surface area contributed by atoms with Gasteiger partial charge in [-0.25, -0.2) is 0 Å². The van der Waals surface area contributed by atoms with Crippen molar-refractivity contribution in [1.82, 2.24) is 0 Å². The van der Waals surface area contributed by atoms with Crippen molar-refractivity contribution in [1.29, 1.82) is 0 Å². The quantitative estimate of drug-likeness (QED) is 0.596. The van der Waals surface area contributed by atoms with Gasteiger partial charge in [0, 0.05) is 31.6 Å². The topological polar surface area (TPSA) is 52.6 Å². The molecule has 0 bridgehead atoms. The number of rotatable bonds is 6. The summed E-state index contributed by atoms with van der Waals surface area (Å²) < 4.78 is 21.6. The average molecular weight is 308 g/mol. The molecule has 1 rings (SSSR count). The summed E-state index contributed by atoms with van der Waals surface area (Å²) in [6.45, 7) is 3.56. The summed E-state index contributed by atoms with van der Waals surface area (Å²) in [6, 6.07) is 9.56. The maximum atomic E-state index is 12.2. The maximum Gasteiger partial charge on any atom is 0.337 e. The highest BCUT2D eigenvalue weighted by atomic mass is 31.2. The first kappa shape index (κ1) is 17.7. The largest absolute Gasteiger partial charge is 0.337 e. The van der Waals surface area contributed by atoms with Gasteiger partial charge in [-0.3, -0.25) is 9.36 Å². The molecule has 0 saturated carbocycles. The predicted molar refractivity (Wildman–Crippen MR) is 83.2 cm³/mol. The summed E-state index contributed by atoms with van der Waals surface area (Å²) >= 11 is 0. The second kappa shape index (κ2) is 7.56. The molecule has 0 fully saturated rings. The molecule has 0 N–H and O–H groups in total. The van der Waals surface area contributed by atoms with E-state index in [1.807, 2.05) is 30.3 Å². The van der Waals surface area contributed by atoms with Crippen molar-refractivity contribution in [2.75, 3.05) is 20.4 Å². The Morgan fingerprint density at radius 2 is 1.76 bits per heavy atom. The Labute approximate surface area is 126 Å². The first-order chi connectivity index (χ1) is 9.83. The molecule has 0 aliphatic heterocycles. The van der Waals surface area contributed by atoms with E-state index in [2.05, 4.69) is 11.8 Å². The van der Waals surface area contributed by atoms with Crippen LogP contribution in [0.15, 0.2) is 30.3 Å². The fourth-order valence-electron chi connectivity index (χ4n) is 1.58. The van der Waals surface area contributed by atoms with Crippen molar-refractivity contribution in [3.05, 3.63) is 35.9 Å². The molecule has 1 aromatic carbocycles. The lowest BCUT2D eigenvalue weighted by Gasteiger charge is -2.22. The molecule has 0 aromatic heterocycles. The molecule has 0 aliphatic carbocycles. The third-order valence-electron chi connectivity index (χ3n) is 3.19. The van der Waals surface area contributed by atoms with Gasteiger partial charge < -0.3 is 9.05 Å². The van der Waals surface area contributed by atoms with Gasteiger partial charge in [-0.2, -0.15) is 0 Å². The number of Topliss-reactive ketones (excluding diaryl/α,β-unsaturated/α-hetero) is 1.